The van der Waals surface area contributed by atoms with Crippen LogP contribution in [0.5, 0.6) is 0 Å². The third-order valence-corrected chi connectivity index (χ3v) is 14.1. The summed E-state index contributed by atoms with van der Waals surface area (Å²) < 4.78 is 5.49. The van der Waals surface area contributed by atoms with Crippen molar-refractivity contribution in [2.24, 2.45) is 0 Å². The molecule has 0 aliphatic rings. The number of hydrogen-bond donors (Lipinski definition) is 3. The number of unbranched alkanes of at least 4 members (excludes halogenated alkanes) is 40. The second-order valence-electron chi connectivity index (χ2n) is 21.0. The Bertz CT molecular complexity index is 1180. The van der Waals surface area contributed by atoms with Gasteiger partial charge < -0.3 is 20.3 Å². The van der Waals surface area contributed by atoms with Gasteiger partial charge in [0.15, 0.2) is 0 Å². The van der Waals surface area contributed by atoms with Crippen LogP contribution in [0.25, 0.3) is 0 Å². The fourth-order valence-electron chi connectivity index (χ4n) is 9.31. The van der Waals surface area contributed by atoms with Crippen LogP contribution in [0.15, 0.2) is 48.6 Å². The Morgan fingerprint density at radius 3 is 1.13 bits per heavy atom. The van der Waals surface area contributed by atoms with Gasteiger partial charge in [0.1, 0.15) is 0 Å². The molecule has 0 saturated heterocycles. The molecule has 0 spiro atoms. The number of aliphatic hydroxyl groups is 2. The van der Waals surface area contributed by atoms with Gasteiger partial charge >= 0.3 is 5.97 Å². The third kappa shape index (κ3) is 55.1. The average Bonchev–Trinajstić information content (AvgIpc) is 3.36. The molecule has 2 unspecified atom stereocenters. The Balaban J connectivity index is 3.44. The van der Waals surface area contributed by atoms with Crippen LogP contribution in [-0.4, -0.2) is 47.4 Å². The third-order valence-electron chi connectivity index (χ3n) is 14.1. The zero-order valence-electron chi connectivity index (χ0n) is 46.7. The van der Waals surface area contributed by atoms with Gasteiger partial charge in [0.05, 0.1) is 25.4 Å². The molecular formula is C64H119NO5. The van der Waals surface area contributed by atoms with Crippen molar-refractivity contribution in [1.82, 2.24) is 5.32 Å². The minimum absolute atomic E-state index is 0.00147. The molecular weight excluding hydrogens is 863 g/mol. The highest BCUT2D eigenvalue weighted by Gasteiger charge is 2.18. The maximum absolute atomic E-state index is 12.5. The first-order valence-corrected chi connectivity index (χ1v) is 30.9. The largest absolute Gasteiger partial charge is 0.466 e. The van der Waals surface area contributed by atoms with E-state index >= 15 is 0 Å². The van der Waals surface area contributed by atoms with Gasteiger partial charge in [0.2, 0.25) is 5.91 Å². The molecule has 0 fully saturated rings. The first-order valence-electron chi connectivity index (χ1n) is 30.9. The van der Waals surface area contributed by atoms with Crippen molar-refractivity contribution in [3.8, 4) is 0 Å². The van der Waals surface area contributed by atoms with Gasteiger partial charge in [-0.3, -0.25) is 9.59 Å². The number of esters is 1. The highest BCUT2D eigenvalue weighted by Crippen LogP contribution is 2.16. The molecule has 0 aromatic rings. The van der Waals surface area contributed by atoms with E-state index in [9.17, 15) is 19.8 Å². The van der Waals surface area contributed by atoms with E-state index in [2.05, 4.69) is 55.6 Å². The van der Waals surface area contributed by atoms with E-state index in [4.69, 9.17) is 4.74 Å². The standard InChI is InChI=1S/C64H119NO5/c1-3-5-7-9-11-13-15-17-19-20-23-27-30-34-38-42-46-50-54-58-64(69)70-59-55-51-47-43-39-35-31-28-25-22-21-24-26-29-33-37-41-45-49-53-57-63(68)65-61(60-66)62(67)56-52-48-44-40-36-32-18-16-14-12-10-8-6-4-2/h11,13,17,19,21,24,52,56,61-62,66-67H,3-10,12,14-16,18,20,22-23,25-51,53-55,57-60H2,1-2H3,(H,65,68)/b13-11-,19-17-,24-21-,56-52+. The van der Waals surface area contributed by atoms with Crippen molar-refractivity contribution in [2.45, 2.75) is 334 Å². The van der Waals surface area contributed by atoms with E-state index in [1.807, 2.05) is 6.08 Å². The van der Waals surface area contributed by atoms with Crippen LogP contribution in [0.4, 0.5) is 0 Å². The lowest BCUT2D eigenvalue weighted by molar-refractivity contribution is -0.143. The van der Waals surface area contributed by atoms with Crippen LogP contribution in [0.1, 0.15) is 322 Å². The van der Waals surface area contributed by atoms with Gasteiger partial charge in [0.25, 0.3) is 0 Å². The number of aliphatic hydroxyl groups excluding tert-OH is 2. The molecule has 0 rings (SSSR count). The Kier molecular flexibility index (Phi) is 57.5. The van der Waals surface area contributed by atoms with Crippen LogP contribution in [0, 0.1) is 0 Å². The predicted molar refractivity (Wildman–Crippen MR) is 306 cm³/mol. The molecule has 6 heteroatoms. The number of ether oxygens (including phenoxy) is 1. The SMILES string of the molecule is CCCCC/C=C\C/C=C\CCCCCCCCCCCC(=O)OCCCCCCCCCCC/C=C\CCCCCCCCCC(=O)NC(CO)C(O)/C=C/CCCCCCCCCCCCCC. The monoisotopic (exact) mass is 982 g/mol. The van der Waals surface area contributed by atoms with Crippen molar-refractivity contribution >= 4 is 11.9 Å². The number of hydrogen-bond acceptors (Lipinski definition) is 5. The van der Waals surface area contributed by atoms with E-state index in [0.29, 0.717) is 19.4 Å². The smallest absolute Gasteiger partial charge is 0.305 e. The van der Waals surface area contributed by atoms with Crippen LogP contribution >= 0.6 is 0 Å². The molecule has 0 bridgehead atoms. The molecule has 2 atom stereocenters. The molecule has 0 radical (unpaired) electrons. The first-order chi connectivity index (χ1) is 34.5. The summed E-state index contributed by atoms with van der Waals surface area (Å²) in [7, 11) is 0. The number of nitrogens with one attached hydrogen (secondary N) is 1. The molecule has 0 aliphatic heterocycles. The first kappa shape index (κ1) is 67.8. The zero-order valence-corrected chi connectivity index (χ0v) is 46.7. The van der Waals surface area contributed by atoms with Crippen molar-refractivity contribution in [2.75, 3.05) is 13.2 Å². The summed E-state index contributed by atoms with van der Waals surface area (Å²) >= 11 is 0. The topological polar surface area (TPSA) is 95.9 Å². The molecule has 70 heavy (non-hydrogen) atoms. The number of allylic oxidation sites excluding steroid dienone is 7. The van der Waals surface area contributed by atoms with Crippen LogP contribution in [-0.2, 0) is 14.3 Å². The Hall–Kier alpha value is -2.18. The van der Waals surface area contributed by atoms with Crippen molar-refractivity contribution in [1.29, 1.82) is 0 Å². The maximum atomic E-state index is 12.5. The van der Waals surface area contributed by atoms with Crippen molar-refractivity contribution in [3.63, 3.8) is 0 Å². The Labute approximate surface area is 436 Å². The van der Waals surface area contributed by atoms with E-state index < -0.39 is 12.1 Å². The molecule has 6 nitrogen and oxygen atoms in total. The highest BCUT2D eigenvalue weighted by atomic mass is 16.5. The lowest BCUT2D eigenvalue weighted by Crippen LogP contribution is -2.45. The predicted octanol–water partition coefficient (Wildman–Crippen LogP) is 19.4. The maximum Gasteiger partial charge on any atom is 0.305 e. The molecule has 3 N–H and O–H groups in total. The second-order valence-corrected chi connectivity index (χ2v) is 21.0. The molecule has 1 amide bonds. The summed E-state index contributed by atoms with van der Waals surface area (Å²) in [5.41, 5.74) is 0. The minimum atomic E-state index is -0.850. The Morgan fingerprint density at radius 2 is 0.714 bits per heavy atom. The van der Waals surface area contributed by atoms with Gasteiger partial charge in [-0.15, -0.1) is 0 Å². The number of carbonyl (C=O) groups excluding carboxylic acids is 2. The summed E-state index contributed by atoms with van der Waals surface area (Å²) in [4.78, 5) is 24.5. The van der Waals surface area contributed by atoms with Crippen LogP contribution in [0.3, 0.4) is 0 Å². The molecule has 0 heterocycles. The molecule has 0 saturated carbocycles. The summed E-state index contributed by atoms with van der Waals surface area (Å²) in [6.45, 7) is 4.87. The van der Waals surface area contributed by atoms with E-state index in [-0.39, 0.29) is 18.5 Å². The number of rotatable bonds is 57. The fraction of sp³-hybridized carbons (Fsp3) is 0.844. The van der Waals surface area contributed by atoms with Gasteiger partial charge in [0, 0.05) is 12.8 Å². The van der Waals surface area contributed by atoms with E-state index in [1.165, 1.54) is 238 Å². The minimum Gasteiger partial charge on any atom is -0.466 e. The number of carbonyl (C=O) groups is 2. The molecule has 0 aromatic heterocycles. The molecule has 0 aliphatic carbocycles. The quantitative estimate of drug-likeness (QED) is 0.0321. The number of amides is 1. The summed E-state index contributed by atoms with van der Waals surface area (Å²) in [5.74, 6) is -0.0752. The van der Waals surface area contributed by atoms with E-state index in [1.54, 1.807) is 6.08 Å². The van der Waals surface area contributed by atoms with Gasteiger partial charge in [-0.2, -0.15) is 0 Å². The molecule has 0 aromatic carbocycles. The van der Waals surface area contributed by atoms with Gasteiger partial charge in [-0.25, -0.2) is 0 Å². The van der Waals surface area contributed by atoms with Crippen LogP contribution in [0.2, 0.25) is 0 Å². The Morgan fingerprint density at radius 1 is 0.400 bits per heavy atom. The summed E-state index contributed by atoms with van der Waals surface area (Å²) in [5, 5.41) is 23.1. The molecule has 410 valence electrons. The normalized spacial score (nSPS) is 12.9. The summed E-state index contributed by atoms with van der Waals surface area (Å²) in [6, 6.07) is -0.635. The fourth-order valence-corrected chi connectivity index (χ4v) is 9.31. The van der Waals surface area contributed by atoms with Crippen LogP contribution < -0.4 is 5.32 Å². The highest BCUT2D eigenvalue weighted by molar-refractivity contribution is 5.76. The summed E-state index contributed by atoms with van der Waals surface area (Å²) in [6.07, 6.45) is 75.7. The van der Waals surface area contributed by atoms with E-state index in [0.717, 1.165) is 57.8 Å². The van der Waals surface area contributed by atoms with Gasteiger partial charge in [-0.1, -0.05) is 268 Å². The zero-order chi connectivity index (χ0) is 50.7. The average molecular weight is 983 g/mol. The van der Waals surface area contributed by atoms with Crippen molar-refractivity contribution < 1.29 is 24.5 Å². The van der Waals surface area contributed by atoms with Crippen molar-refractivity contribution in [3.05, 3.63) is 48.6 Å². The second kappa shape index (κ2) is 59.4. The van der Waals surface area contributed by atoms with Gasteiger partial charge in [-0.05, 0) is 89.9 Å². The lowest BCUT2D eigenvalue weighted by Gasteiger charge is -2.20. The lowest BCUT2D eigenvalue weighted by atomic mass is 10.0.